The number of anilines is 3. The fourth-order valence-electron chi connectivity index (χ4n) is 2.23. The molecule has 3 aromatic rings. The molecule has 0 aliphatic carbocycles. The number of nitrogens with one attached hydrogen (secondary N) is 2. The Balaban J connectivity index is 1.63. The van der Waals surface area contributed by atoms with Gasteiger partial charge >= 0.3 is 0 Å². The molecule has 1 heterocycles. The number of benzene rings is 2. The molecule has 0 bridgehead atoms. The van der Waals surface area contributed by atoms with Crippen LogP contribution >= 0.6 is 0 Å². The van der Waals surface area contributed by atoms with Crippen molar-refractivity contribution in [1.29, 1.82) is 5.26 Å². The second-order valence-electron chi connectivity index (χ2n) is 5.11. The van der Waals surface area contributed by atoms with Crippen LogP contribution in [0.5, 0.6) is 0 Å². The van der Waals surface area contributed by atoms with Crippen molar-refractivity contribution >= 4 is 17.5 Å². The molecule has 3 rings (SSSR count). The van der Waals surface area contributed by atoms with E-state index in [1.807, 2.05) is 36.4 Å². The van der Waals surface area contributed by atoms with Gasteiger partial charge in [0.2, 0.25) is 5.95 Å². The Hall–Kier alpha value is -3.46. The molecule has 0 unspecified atom stereocenters. The third-order valence-electron chi connectivity index (χ3n) is 3.41. The highest BCUT2D eigenvalue weighted by Gasteiger charge is 2.04. The average Bonchev–Trinajstić information content (AvgIpc) is 2.63. The highest BCUT2D eigenvalue weighted by Crippen LogP contribution is 2.18. The van der Waals surface area contributed by atoms with Crippen molar-refractivity contribution in [3.05, 3.63) is 71.9 Å². The molecule has 24 heavy (non-hydrogen) atoms. The van der Waals surface area contributed by atoms with Gasteiger partial charge in [0.25, 0.3) is 0 Å². The number of para-hydroxylation sites is 1. The van der Waals surface area contributed by atoms with E-state index < -0.39 is 0 Å². The summed E-state index contributed by atoms with van der Waals surface area (Å²) in [6.45, 7) is 0.712. The lowest BCUT2D eigenvalue weighted by Gasteiger charge is -2.08. The smallest absolute Gasteiger partial charge is 0.244 e. The predicted molar refractivity (Wildman–Crippen MR) is 92.9 cm³/mol. The third kappa shape index (κ3) is 4.05. The number of hydrogen-bond donors (Lipinski definition) is 2. The summed E-state index contributed by atoms with van der Waals surface area (Å²) in [5.41, 5.74) is 2.49. The number of aromatic nitrogens is 3. The van der Waals surface area contributed by atoms with E-state index in [-0.39, 0.29) is 0 Å². The molecule has 118 valence electrons. The second kappa shape index (κ2) is 7.70. The fraction of sp³-hybridized carbons (Fsp3) is 0.111. The topological polar surface area (TPSA) is 86.5 Å². The van der Waals surface area contributed by atoms with Gasteiger partial charge in [-0.05, 0) is 24.1 Å². The average molecular weight is 316 g/mol. The lowest BCUT2D eigenvalue weighted by Crippen LogP contribution is -2.09. The van der Waals surface area contributed by atoms with Gasteiger partial charge in [-0.1, -0.05) is 42.5 Å². The molecule has 0 atom stereocenters. The minimum absolute atomic E-state index is 0.449. The van der Waals surface area contributed by atoms with E-state index in [1.165, 1.54) is 11.8 Å². The van der Waals surface area contributed by atoms with Gasteiger partial charge in [-0.2, -0.15) is 15.3 Å². The van der Waals surface area contributed by atoms with Crippen molar-refractivity contribution in [2.75, 3.05) is 17.2 Å². The third-order valence-corrected chi connectivity index (χ3v) is 3.41. The van der Waals surface area contributed by atoms with Crippen LogP contribution in [0.1, 0.15) is 11.1 Å². The molecule has 0 spiro atoms. The summed E-state index contributed by atoms with van der Waals surface area (Å²) in [4.78, 5) is 4.37. The highest BCUT2D eigenvalue weighted by atomic mass is 15.3. The Morgan fingerprint density at radius 1 is 1.00 bits per heavy atom. The van der Waals surface area contributed by atoms with Gasteiger partial charge in [-0.25, -0.2) is 0 Å². The number of hydrogen-bond acceptors (Lipinski definition) is 6. The summed E-state index contributed by atoms with van der Waals surface area (Å²) in [7, 11) is 0. The molecule has 1 aromatic heterocycles. The predicted octanol–water partition coefficient (Wildman–Crippen LogP) is 3.14. The van der Waals surface area contributed by atoms with Crippen molar-refractivity contribution in [2.24, 2.45) is 0 Å². The van der Waals surface area contributed by atoms with E-state index in [0.717, 1.165) is 6.42 Å². The Labute approximate surface area is 140 Å². The molecular weight excluding hydrogens is 300 g/mol. The fourth-order valence-corrected chi connectivity index (χ4v) is 2.23. The van der Waals surface area contributed by atoms with Crippen LogP contribution in [0.4, 0.5) is 17.5 Å². The van der Waals surface area contributed by atoms with Crippen LogP contribution < -0.4 is 10.6 Å². The maximum Gasteiger partial charge on any atom is 0.244 e. The van der Waals surface area contributed by atoms with E-state index in [1.54, 1.807) is 6.07 Å². The summed E-state index contributed by atoms with van der Waals surface area (Å²) in [6.07, 6.45) is 2.40. The first-order valence-electron chi connectivity index (χ1n) is 7.59. The normalized spacial score (nSPS) is 9.96. The standard InChI is InChI=1S/C18H16N6/c19-12-15-8-4-5-9-16(15)22-17-13-21-24-18(23-17)20-11-10-14-6-2-1-3-7-14/h1-9,13H,10-11H2,(H2,20,22,23,24). The first kappa shape index (κ1) is 15.4. The Bertz CT molecular complexity index is 841. The van der Waals surface area contributed by atoms with Gasteiger partial charge in [0.1, 0.15) is 6.07 Å². The van der Waals surface area contributed by atoms with E-state index in [2.05, 4.69) is 44.0 Å². The van der Waals surface area contributed by atoms with E-state index in [4.69, 9.17) is 5.26 Å². The van der Waals surface area contributed by atoms with Crippen LogP contribution in [0.15, 0.2) is 60.8 Å². The zero-order valence-electron chi connectivity index (χ0n) is 13.0. The van der Waals surface area contributed by atoms with E-state index >= 15 is 0 Å². The number of nitriles is 1. The van der Waals surface area contributed by atoms with Crippen molar-refractivity contribution in [3.8, 4) is 6.07 Å². The molecular formula is C18H16N6. The molecule has 0 radical (unpaired) electrons. The second-order valence-corrected chi connectivity index (χ2v) is 5.11. The highest BCUT2D eigenvalue weighted by molar-refractivity contribution is 5.64. The lowest BCUT2D eigenvalue weighted by atomic mass is 10.1. The molecule has 0 aliphatic rings. The molecule has 0 saturated heterocycles. The van der Waals surface area contributed by atoms with Crippen LogP contribution in [-0.2, 0) is 6.42 Å². The summed E-state index contributed by atoms with van der Waals surface area (Å²) < 4.78 is 0. The molecule has 0 fully saturated rings. The Morgan fingerprint density at radius 2 is 1.79 bits per heavy atom. The molecule has 6 nitrogen and oxygen atoms in total. The van der Waals surface area contributed by atoms with Gasteiger partial charge in [-0.3, -0.25) is 0 Å². The molecule has 2 aromatic carbocycles. The molecule has 2 N–H and O–H groups in total. The maximum atomic E-state index is 9.12. The molecule has 0 saturated carbocycles. The van der Waals surface area contributed by atoms with Gasteiger partial charge in [0.05, 0.1) is 17.4 Å². The maximum absolute atomic E-state index is 9.12. The van der Waals surface area contributed by atoms with Crippen molar-refractivity contribution in [3.63, 3.8) is 0 Å². The van der Waals surface area contributed by atoms with Crippen molar-refractivity contribution < 1.29 is 0 Å². The number of nitrogens with zero attached hydrogens (tertiary/aromatic N) is 4. The number of rotatable bonds is 6. The molecule has 6 heteroatoms. The summed E-state index contributed by atoms with van der Waals surface area (Å²) in [5.74, 6) is 0.986. The van der Waals surface area contributed by atoms with Gasteiger partial charge < -0.3 is 10.6 Å². The minimum atomic E-state index is 0.449. The lowest BCUT2D eigenvalue weighted by molar-refractivity contribution is 0.929. The quantitative estimate of drug-likeness (QED) is 0.726. The largest absolute Gasteiger partial charge is 0.353 e. The Kier molecular flexibility index (Phi) is 4.95. The first-order valence-corrected chi connectivity index (χ1v) is 7.59. The Morgan fingerprint density at radius 3 is 2.62 bits per heavy atom. The minimum Gasteiger partial charge on any atom is -0.353 e. The summed E-state index contributed by atoms with van der Waals surface area (Å²) in [5, 5.41) is 23.3. The van der Waals surface area contributed by atoms with Crippen molar-refractivity contribution in [1.82, 2.24) is 15.2 Å². The monoisotopic (exact) mass is 316 g/mol. The SMILES string of the molecule is N#Cc1ccccc1Nc1cnnc(NCCc2ccccc2)n1. The molecule has 0 amide bonds. The van der Waals surface area contributed by atoms with Crippen LogP contribution in [0, 0.1) is 11.3 Å². The van der Waals surface area contributed by atoms with Crippen LogP contribution in [0.25, 0.3) is 0 Å². The van der Waals surface area contributed by atoms with E-state index in [9.17, 15) is 0 Å². The van der Waals surface area contributed by atoms with E-state index in [0.29, 0.717) is 29.6 Å². The van der Waals surface area contributed by atoms with Gasteiger partial charge in [0, 0.05) is 6.54 Å². The summed E-state index contributed by atoms with van der Waals surface area (Å²) >= 11 is 0. The van der Waals surface area contributed by atoms with Gasteiger partial charge in [-0.15, -0.1) is 5.10 Å². The summed E-state index contributed by atoms with van der Waals surface area (Å²) in [6, 6.07) is 19.6. The zero-order chi connectivity index (χ0) is 16.6. The van der Waals surface area contributed by atoms with Crippen LogP contribution in [0.3, 0.4) is 0 Å². The van der Waals surface area contributed by atoms with Crippen LogP contribution in [-0.4, -0.2) is 21.7 Å². The molecule has 0 aliphatic heterocycles. The van der Waals surface area contributed by atoms with Gasteiger partial charge in [0.15, 0.2) is 5.82 Å². The zero-order valence-corrected chi connectivity index (χ0v) is 13.0. The first-order chi connectivity index (χ1) is 11.8. The van der Waals surface area contributed by atoms with Crippen molar-refractivity contribution in [2.45, 2.75) is 6.42 Å². The van der Waals surface area contributed by atoms with Crippen LogP contribution in [0.2, 0.25) is 0 Å².